The molecule has 0 atom stereocenters. The monoisotopic (exact) mass is 239 g/mol. The lowest BCUT2D eigenvalue weighted by Gasteiger charge is -2.04. The molecule has 0 saturated carbocycles. The lowest BCUT2D eigenvalue weighted by Crippen LogP contribution is -2.00. The minimum Gasteiger partial charge on any atom is -0.504 e. The van der Waals surface area contributed by atoms with Crippen LogP contribution in [0.4, 0.5) is 0 Å². The van der Waals surface area contributed by atoms with Gasteiger partial charge in [-0.15, -0.1) is 0 Å². The number of hydrogen-bond donors (Lipinski definition) is 3. The number of carboxylic acid groups (broad SMARTS) is 1. The third-order valence-electron chi connectivity index (χ3n) is 2.07. The van der Waals surface area contributed by atoms with Crippen molar-refractivity contribution < 1.29 is 20.1 Å². The van der Waals surface area contributed by atoms with Gasteiger partial charge in [0.25, 0.3) is 0 Å². The quantitative estimate of drug-likeness (QED) is 0.662. The van der Waals surface area contributed by atoms with Gasteiger partial charge in [0.15, 0.2) is 11.5 Å². The molecule has 0 saturated heterocycles. The summed E-state index contributed by atoms with van der Waals surface area (Å²) >= 11 is 5.83. The van der Waals surface area contributed by atoms with Gasteiger partial charge in [0.1, 0.15) is 5.69 Å². The van der Waals surface area contributed by atoms with E-state index in [-0.39, 0.29) is 27.7 Å². The highest BCUT2D eigenvalue weighted by Gasteiger charge is 2.12. The molecule has 1 aromatic carbocycles. The molecule has 1 heterocycles. The Labute approximate surface area is 94.5 Å². The van der Waals surface area contributed by atoms with Crippen LogP contribution < -0.4 is 0 Å². The second kappa shape index (κ2) is 3.53. The van der Waals surface area contributed by atoms with Gasteiger partial charge in [-0.05, 0) is 12.1 Å². The van der Waals surface area contributed by atoms with E-state index in [2.05, 4.69) is 4.98 Å². The minimum atomic E-state index is -1.21. The van der Waals surface area contributed by atoms with Crippen LogP contribution in [0, 0.1) is 0 Å². The van der Waals surface area contributed by atoms with Crippen LogP contribution in [0.2, 0.25) is 5.02 Å². The van der Waals surface area contributed by atoms with Gasteiger partial charge in [0, 0.05) is 11.5 Å². The van der Waals surface area contributed by atoms with Crippen LogP contribution in [-0.2, 0) is 0 Å². The molecule has 1 aromatic heterocycles. The lowest BCUT2D eigenvalue weighted by molar-refractivity contribution is 0.0691. The van der Waals surface area contributed by atoms with Gasteiger partial charge >= 0.3 is 5.97 Å². The number of phenols is 2. The number of nitrogens with zero attached hydrogens (tertiary/aromatic N) is 1. The summed E-state index contributed by atoms with van der Waals surface area (Å²) in [4.78, 5) is 14.5. The Morgan fingerprint density at radius 3 is 2.44 bits per heavy atom. The van der Waals surface area contributed by atoms with Gasteiger partial charge in [0.05, 0.1) is 10.5 Å². The van der Waals surface area contributed by atoms with Crippen LogP contribution >= 0.6 is 11.6 Å². The Morgan fingerprint density at radius 1 is 1.19 bits per heavy atom. The number of aromatic carboxylic acids is 1. The fourth-order valence-corrected chi connectivity index (χ4v) is 1.57. The number of phenolic OH excluding ortho intramolecular Hbond substituents is 2. The molecule has 82 valence electrons. The molecule has 5 nitrogen and oxygen atoms in total. The molecular formula is C10H6ClNO4. The fraction of sp³-hybridized carbons (Fsp3) is 0. The molecular weight excluding hydrogens is 234 g/mol. The summed E-state index contributed by atoms with van der Waals surface area (Å²) in [6.07, 6.45) is 0. The molecule has 0 fully saturated rings. The zero-order valence-electron chi connectivity index (χ0n) is 7.81. The third kappa shape index (κ3) is 1.61. The highest BCUT2D eigenvalue weighted by molar-refractivity contribution is 6.35. The van der Waals surface area contributed by atoms with Crippen LogP contribution in [0.5, 0.6) is 11.5 Å². The van der Waals surface area contributed by atoms with Crippen LogP contribution in [0.3, 0.4) is 0 Å². The summed E-state index contributed by atoms with van der Waals surface area (Å²) in [5, 5.41) is 27.8. The minimum absolute atomic E-state index is 0.151. The highest BCUT2D eigenvalue weighted by Crippen LogP contribution is 2.33. The number of rotatable bonds is 1. The highest BCUT2D eigenvalue weighted by atomic mass is 35.5. The number of pyridine rings is 1. The topological polar surface area (TPSA) is 90.7 Å². The van der Waals surface area contributed by atoms with Crippen molar-refractivity contribution in [1.29, 1.82) is 0 Å². The van der Waals surface area contributed by atoms with Crippen molar-refractivity contribution >= 4 is 28.5 Å². The Hall–Kier alpha value is -2.01. The van der Waals surface area contributed by atoms with Crippen molar-refractivity contribution in [2.75, 3.05) is 0 Å². The van der Waals surface area contributed by atoms with E-state index in [4.69, 9.17) is 16.7 Å². The fourth-order valence-electron chi connectivity index (χ4n) is 1.32. The SMILES string of the molecule is O=C(O)c1cc(Cl)c2cc(O)c(O)cc2n1. The number of benzene rings is 1. The van der Waals surface area contributed by atoms with Crippen LogP contribution in [0.25, 0.3) is 10.9 Å². The summed E-state index contributed by atoms with van der Waals surface area (Å²) in [7, 11) is 0. The molecule has 3 N–H and O–H groups in total. The normalized spacial score (nSPS) is 10.6. The summed E-state index contributed by atoms with van der Waals surface area (Å²) in [6.45, 7) is 0. The van der Waals surface area contributed by atoms with E-state index in [1.807, 2.05) is 0 Å². The molecule has 0 radical (unpaired) electrons. The van der Waals surface area contributed by atoms with Crippen molar-refractivity contribution in [3.8, 4) is 11.5 Å². The molecule has 0 aliphatic rings. The van der Waals surface area contributed by atoms with Gasteiger partial charge < -0.3 is 15.3 Å². The van der Waals surface area contributed by atoms with Gasteiger partial charge in [-0.1, -0.05) is 11.6 Å². The Kier molecular flexibility index (Phi) is 2.32. The summed E-state index contributed by atoms with van der Waals surface area (Å²) in [5.41, 5.74) is -0.0113. The van der Waals surface area contributed by atoms with Crippen molar-refractivity contribution in [1.82, 2.24) is 4.98 Å². The predicted molar refractivity (Wildman–Crippen MR) is 57.0 cm³/mol. The summed E-state index contributed by atoms with van der Waals surface area (Å²) < 4.78 is 0. The second-order valence-electron chi connectivity index (χ2n) is 3.15. The first-order valence-corrected chi connectivity index (χ1v) is 4.62. The van der Waals surface area contributed by atoms with E-state index >= 15 is 0 Å². The molecule has 16 heavy (non-hydrogen) atoms. The first kappa shape index (κ1) is 10.5. The van der Waals surface area contributed by atoms with E-state index in [0.29, 0.717) is 5.39 Å². The maximum atomic E-state index is 10.7. The lowest BCUT2D eigenvalue weighted by atomic mass is 10.2. The molecule has 0 unspecified atom stereocenters. The molecule has 0 aliphatic carbocycles. The third-order valence-corrected chi connectivity index (χ3v) is 2.39. The van der Waals surface area contributed by atoms with Crippen molar-refractivity contribution in [2.45, 2.75) is 0 Å². The zero-order valence-corrected chi connectivity index (χ0v) is 8.56. The average molecular weight is 240 g/mol. The van der Waals surface area contributed by atoms with Crippen molar-refractivity contribution in [2.24, 2.45) is 0 Å². The Morgan fingerprint density at radius 2 is 1.81 bits per heavy atom. The smallest absolute Gasteiger partial charge is 0.354 e. The molecule has 0 spiro atoms. The average Bonchev–Trinajstić information content (AvgIpc) is 2.20. The van der Waals surface area contributed by atoms with E-state index < -0.39 is 5.97 Å². The van der Waals surface area contributed by atoms with Gasteiger partial charge in [-0.2, -0.15) is 0 Å². The molecule has 0 bridgehead atoms. The number of fused-ring (bicyclic) bond motifs is 1. The van der Waals surface area contributed by atoms with E-state index in [1.165, 1.54) is 12.1 Å². The molecule has 2 rings (SSSR count). The van der Waals surface area contributed by atoms with Crippen molar-refractivity contribution in [3.63, 3.8) is 0 Å². The first-order valence-electron chi connectivity index (χ1n) is 4.24. The molecule has 0 aliphatic heterocycles. The maximum Gasteiger partial charge on any atom is 0.354 e. The maximum absolute atomic E-state index is 10.7. The Bertz CT molecular complexity index is 597. The van der Waals surface area contributed by atoms with Crippen molar-refractivity contribution in [3.05, 3.63) is 28.9 Å². The molecule has 0 amide bonds. The number of carbonyl (C=O) groups is 1. The standard InChI is InChI=1S/C10H6ClNO4/c11-5-2-7(10(15)16)12-6-3-9(14)8(13)1-4(5)6/h1-3,13-14H,(H,15,16). The number of aromatic hydroxyl groups is 2. The van der Waals surface area contributed by atoms with Gasteiger partial charge in [-0.25, -0.2) is 9.78 Å². The predicted octanol–water partition coefficient (Wildman–Crippen LogP) is 2.00. The summed E-state index contributed by atoms with van der Waals surface area (Å²) in [5.74, 6) is -1.92. The second-order valence-corrected chi connectivity index (χ2v) is 3.56. The van der Waals surface area contributed by atoms with E-state index in [0.717, 1.165) is 6.07 Å². The van der Waals surface area contributed by atoms with Crippen LogP contribution in [-0.4, -0.2) is 26.3 Å². The van der Waals surface area contributed by atoms with Gasteiger partial charge in [-0.3, -0.25) is 0 Å². The van der Waals surface area contributed by atoms with Gasteiger partial charge in [0.2, 0.25) is 0 Å². The number of halogens is 1. The number of carboxylic acids is 1. The largest absolute Gasteiger partial charge is 0.504 e. The molecule has 6 heteroatoms. The zero-order chi connectivity index (χ0) is 11.9. The van der Waals surface area contributed by atoms with Crippen LogP contribution in [0.1, 0.15) is 10.5 Å². The van der Waals surface area contributed by atoms with E-state index in [1.54, 1.807) is 0 Å². The Balaban J connectivity index is 2.82. The van der Waals surface area contributed by atoms with Crippen LogP contribution in [0.15, 0.2) is 18.2 Å². The molecule has 2 aromatic rings. The van der Waals surface area contributed by atoms with E-state index in [9.17, 15) is 15.0 Å². The number of aromatic nitrogens is 1. The summed E-state index contributed by atoms with van der Waals surface area (Å²) in [6, 6.07) is 3.57. The first-order chi connectivity index (χ1) is 7.49. The number of hydrogen-bond acceptors (Lipinski definition) is 4.